The third-order valence-electron chi connectivity index (χ3n) is 4.34. The van der Waals surface area contributed by atoms with Crippen molar-refractivity contribution in [3.8, 4) is 0 Å². The predicted molar refractivity (Wildman–Crippen MR) is 107 cm³/mol. The number of nitrogens with zero attached hydrogens (tertiary/aromatic N) is 2. The van der Waals surface area contributed by atoms with Crippen LogP contribution < -0.4 is 11.1 Å². The molecular weight excluding hydrogens is 364 g/mol. The van der Waals surface area contributed by atoms with Crippen molar-refractivity contribution < 1.29 is 14.4 Å². The summed E-state index contributed by atoms with van der Waals surface area (Å²) in [4.78, 5) is 40.6. The zero-order valence-corrected chi connectivity index (χ0v) is 16.7. The second kappa shape index (κ2) is 10.3. The number of carbonyl (C=O) groups is 3. The summed E-state index contributed by atoms with van der Waals surface area (Å²) in [6.07, 6.45) is 0.844. The Kier molecular flexibility index (Phi) is 8.12. The largest absolute Gasteiger partial charge is 0.346 e. The molecule has 1 aliphatic rings. The quantitative estimate of drug-likeness (QED) is 0.682. The van der Waals surface area contributed by atoms with Crippen molar-refractivity contribution in [2.24, 2.45) is 5.73 Å². The van der Waals surface area contributed by atoms with Crippen molar-refractivity contribution in [1.82, 2.24) is 15.1 Å². The lowest BCUT2D eigenvalue weighted by Gasteiger charge is -2.30. The SMILES string of the molecule is CCCN(Cc1ccccc1)C(=O)[C@@H]1CSCN1C(=O)CNC(=O)[C@H](C)N. The Morgan fingerprint density at radius 1 is 1.33 bits per heavy atom. The summed E-state index contributed by atoms with van der Waals surface area (Å²) in [6, 6.07) is 8.66. The summed E-state index contributed by atoms with van der Waals surface area (Å²) in [5.74, 6) is 0.339. The number of thioether (sulfide) groups is 1. The average Bonchev–Trinajstić information content (AvgIpc) is 3.15. The molecule has 1 fully saturated rings. The van der Waals surface area contributed by atoms with Crippen LogP contribution in [0.4, 0.5) is 0 Å². The number of nitrogens with two attached hydrogens (primary N) is 1. The highest BCUT2D eigenvalue weighted by Gasteiger charge is 2.36. The minimum Gasteiger partial charge on any atom is -0.346 e. The Morgan fingerprint density at radius 2 is 2.04 bits per heavy atom. The third-order valence-corrected chi connectivity index (χ3v) is 5.35. The fourth-order valence-electron chi connectivity index (χ4n) is 2.87. The molecule has 1 saturated heterocycles. The first kappa shape index (κ1) is 21.2. The van der Waals surface area contributed by atoms with Gasteiger partial charge in [-0.3, -0.25) is 14.4 Å². The molecule has 7 nitrogen and oxygen atoms in total. The van der Waals surface area contributed by atoms with Crippen molar-refractivity contribution in [1.29, 1.82) is 0 Å². The number of rotatable bonds is 8. The summed E-state index contributed by atoms with van der Waals surface area (Å²) in [5.41, 5.74) is 6.56. The topological polar surface area (TPSA) is 95.7 Å². The van der Waals surface area contributed by atoms with E-state index in [-0.39, 0.29) is 24.3 Å². The van der Waals surface area contributed by atoms with E-state index in [0.717, 1.165) is 12.0 Å². The van der Waals surface area contributed by atoms with Gasteiger partial charge in [0.05, 0.1) is 18.5 Å². The van der Waals surface area contributed by atoms with Crippen LogP contribution in [0, 0.1) is 0 Å². The molecule has 0 aliphatic carbocycles. The van der Waals surface area contributed by atoms with Crippen molar-refractivity contribution in [3.63, 3.8) is 0 Å². The maximum Gasteiger partial charge on any atom is 0.246 e. The highest BCUT2D eigenvalue weighted by Crippen LogP contribution is 2.23. The van der Waals surface area contributed by atoms with Crippen molar-refractivity contribution in [2.75, 3.05) is 24.7 Å². The van der Waals surface area contributed by atoms with E-state index in [1.165, 1.54) is 0 Å². The first-order valence-electron chi connectivity index (χ1n) is 9.17. The van der Waals surface area contributed by atoms with Gasteiger partial charge in [0.1, 0.15) is 6.04 Å². The molecule has 8 heteroatoms. The Hall–Kier alpha value is -2.06. The molecule has 2 rings (SSSR count). The van der Waals surface area contributed by atoms with Crippen LogP contribution in [-0.4, -0.2) is 64.3 Å². The Balaban J connectivity index is 2.02. The van der Waals surface area contributed by atoms with Gasteiger partial charge in [0.2, 0.25) is 17.7 Å². The van der Waals surface area contributed by atoms with Crippen LogP contribution in [0.1, 0.15) is 25.8 Å². The van der Waals surface area contributed by atoms with Gasteiger partial charge in [-0.05, 0) is 18.9 Å². The second-order valence-electron chi connectivity index (χ2n) is 6.63. The van der Waals surface area contributed by atoms with Crippen LogP contribution in [0.25, 0.3) is 0 Å². The van der Waals surface area contributed by atoms with E-state index in [1.807, 2.05) is 42.2 Å². The molecule has 1 aliphatic heterocycles. The third kappa shape index (κ3) is 5.97. The summed E-state index contributed by atoms with van der Waals surface area (Å²) >= 11 is 1.55. The number of hydrogen-bond acceptors (Lipinski definition) is 5. The molecular formula is C19H28N4O3S. The number of benzene rings is 1. The summed E-state index contributed by atoms with van der Waals surface area (Å²) in [7, 11) is 0. The molecule has 0 spiro atoms. The summed E-state index contributed by atoms with van der Waals surface area (Å²) in [5, 5.41) is 2.52. The lowest BCUT2D eigenvalue weighted by molar-refractivity contribution is -0.143. The fourth-order valence-corrected chi connectivity index (χ4v) is 4.04. The fraction of sp³-hybridized carbons (Fsp3) is 0.526. The van der Waals surface area contributed by atoms with Crippen LogP contribution in [0.3, 0.4) is 0 Å². The zero-order chi connectivity index (χ0) is 19.8. The maximum absolute atomic E-state index is 13.1. The monoisotopic (exact) mass is 392 g/mol. The number of hydrogen-bond donors (Lipinski definition) is 2. The lowest BCUT2D eigenvalue weighted by atomic mass is 10.1. The summed E-state index contributed by atoms with van der Waals surface area (Å²) in [6.45, 7) is 4.61. The van der Waals surface area contributed by atoms with Crippen molar-refractivity contribution in [2.45, 2.75) is 38.9 Å². The Labute approximate surface area is 164 Å². The van der Waals surface area contributed by atoms with E-state index in [4.69, 9.17) is 5.73 Å². The minimum atomic E-state index is -0.672. The Morgan fingerprint density at radius 3 is 2.67 bits per heavy atom. The molecule has 0 bridgehead atoms. The molecule has 3 amide bonds. The highest BCUT2D eigenvalue weighted by atomic mass is 32.2. The van der Waals surface area contributed by atoms with Gasteiger partial charge in [-0.1, -0.05) is 37.3 Å². The average molecular weight is 393 g/mol. The molecule has 1 aromatic rings. The van der Waals surface area contributed by atoms with E-state index in [0.29, 0.717) is 24.7 Å². The standard InChI is InChI=1S/C19H28N4O3S/c1-3-9-22(11-15-7-5-4-6-8-15)19(26)16-12-27-13-23(16)17(24)10-21-18(25)14(2)20/h4-8,14,16H,3,9-13,20H2,1-2H3,(H,21,25)/t14-,16-/m0/s1. The summed E-state index contributed by atoms with van der Waals surface area (Å²) < 4.78 is 0. The van der Waals surface area contributed by atoms with E-state index >= 15 is 0 Å². The number of carbonyl (C=O) groups excluding carboxylic acids is 3. The normalized spacial score (nSPS) is 17.4. The van der Waals surface area contributed by atoms with Gasteiger partial charge < -0.3 is 20.9 Å². The van der Waals surface area contributed by atoms with Gasteiger partial charge in [0.15, 0.2) is 0 Å². The molecule has 0 unspecified atom stereocenters. The second-order valence-corrected chi connectivity index (χ2v) is 7.63. The van der Waals surface area contributed by atoms with Crippen LogP contribution in [0.2, 0.25) is 0 Å². The molecule has 1 heterocycles. The van der Waals surface area contributed by atoms with Gasteiger partial charge in [0, 0.05) is 18.8 Å². The lowest BCUT2D eigenvalue weighted by Crippen LogP contribution is -2.52. The molecule has 2 atom stereocenters. The maximum atomic E-state index is 13.1. The first-order valence-corrected chi connectivity index (χ1v) is 10.3. The van der Waals surface area contributed by atoms with Gasteiger partial charge in [-0.25, -0.2) is 0 Å². The minimum absolute atomic E-state index is 0.0439. The number of amides is 3. The molecule has 0 radical (unpaired) electrons. The van der Waals surface area contributed by atoms with E-state index in [9.17, 15) is 14.4 Å². The van der Waals surface area contributed by atoms with Gasteiger partial charge in [-0.2, -0.15) is 0 Å². The highest BCUT2D eigenvalue weighted by molar-refractivity contribution is 7.99. The van der Waals surface area contributed by atoms with E-state index in [2.05, 4.69) is 5.32 Å². The van der Waals surface area contributed by atoms with Gasteiger partial charge in [0.25, 0.3) is 0 Å². The molecule has 1 aromatic carbocycles. The first-order chi connectivity index (χ1) is 12.9. The molecule has 3 N–H and O–H groups in total. The van der Waals surface area contributed by atoms with Crippen LogP contribution in [-0.2, 0) is 20.9 Å². The molecule has 27 heavy (non-hydrogen) atoms. The van der Waals surface area contributed by atoms with Crippen LogP contribution >= 0.6 is 11.8 Å². The van der Waals surface area contributed by atoms with E-state index < -0.39 is 12.1 Å². The smallest absolute Gasteiger partial charge is 0.246 e. The van der Waals surface area contributed by atoms with Crippen molar-refractivity contribution in [3.05, 3.63) is 35.9 Å². The van der Waals surface area contributed by atoms with Gasteiger partial charge in [-0.15, -0.1) is 11.8 Å². The molecule has 0 aromatic heterocycles. The number of nitrogens with one attached hydrogen (secondary N) is 1. The van der Waals surface area contributed by atoms with Gasteiger partial charge >= 0.3 is 0 Å². The van der Waals surface area contributed by atoms with Crippen LogP contribution in [0.15, 0.2) is 30.3 Å². The molecule has 0 saturated carbocycles. The van der Waals surface area contributed by atoms with Crippen molar-refractivity contribution >= 4 is 29.5 Å². The molecule has 148 valence electrons. The van der Waals surface area contributed by atoms with E-state index in [1.54, 1.807) is 23.6 Å². The van der Waals surface area contributed by atoms with Crippen LogP contribution in [0.5, 0.6) is 0 Å². The Bertz CT molecular complexity index is 654. The zero-order valence-electron chi connectivity index (χ0n) is 15.9. The predicted octanol–water partition coefficient (Wildman–Crippen LogP) is 0.790.